The van der Waals surface area contributed by atoms with Crippen LogP contribution < -0.4 is 5.56 Å². The van der Waals surface area contributed by atoms with Crippen LogP contribution in [0.2, 0.25) is 0 Å². The van der Waals surface area contributed by atoms with E-state index in [1.165, 1.54) is 0 Å². The number of nitrogens with one attached hydrogen (secondary N) is 1. The molecule has 0 amide bonds. The van der Waals surface area contributed by atoms with Crippen LogP contribution in [0.15, 0.2) is 11.0 Å². The highest BCUT2D eigenvalue weighted by Gasteiger charge is 2.26. The molecule has 3 heterocycles. The van der Waals surface area contributed by atoms with E-state index < -0.39 is 0 Å². The van der Waals surface area contributed by atoms with Crippen LogP contribution >= 0.6 is 0 Å². The molecule has 0 saturated carbocycles. The SMILES string of the molecule is CC(C)Cc1nc2c(cnn2[C@@H]2CCOC[C@@H]2C)c(=O)[nH]1. The van der Waals surface area contributed by atoms with Gasteiger partial charge in [-0.1, -0.05) is 20.8 Å². The van der Waals surface area contributed by atoms with Gasteiger partial charge in [0.15, 0.2) is 5.65 Å². The van der Waals surface area contributed by atoms with Gasteiger partial charge >= 0.3 is 0 Å². The lowest BCUT2D eigenvalue weighted by molar-refractivity contribution is 0.0262. The first-order valence-corrected chi connectivity index (χ1v) is 7.60. The Morgan fingerprint density at radius 2 is 2.33 bits per heavy atom. The maximum Gasteiger partial charge on any atom is 0.262 e. The van der Waals surface area contributed by atoms with Crippen LogP contribution in [0.3, 0.4) is 0 Å². The first kappa shape index (κ1) is 14.3. The van der Waals surface area contributed by atoms with Crippen molar-refractivity contribution in [2.45, 2.75) is 39.7 Å². The highest BCUT2D eigenvalue weighted by atomic mass is 16.5. The third-order valence-corrected chi connectivity index (χ3v) is 4.02. The number of hydrogen-bond acceptors (Lipinski definition) is 4. The predicted molar refractivity (Wildman–Crippen MR) is 80.3 cm³/mol. The average molecular weight is 290 g/mol. The van der Waals surface area contributed by atoms with E-state index in [-0.39, 0.29) is 11.6 Å². The molecule has 3 rings (SSSR count). The maximum absolute atomic E-state index is 12.2. The Morgan fingerprint density at radius 1 is 1.52 bits per heavy atom. The number of H-pyrrole nitrogens is 1. The fraction of sp³-hybridized carbons (Fsp3) is 0.667. The molecule has 0 spiro atoms. The van der Waals surface area contributed by atoms with E-state index >= 15 is 0 Å². The molecule has 1 fully saturated rings. The first-order valence-electron chi connectivity index (χ1n) is 7.60. The van der Waals surface area contributed by atoms with E-state index in [0.29, 0.717) is 22.9 Å². The molecule has 0 aliphatic carbocycles. The molecule has 21 heavy (non-hydrogen) atoms. The minimum Gasteiger partial charge on any atom is -0.381 e. The van der Waals surface area contributed by atoms with Gasteiger partial charge in [0.2, 0.25) is 0 Å². The second-order valence-electron chi connectivity index (χ2n) is 6.35. The van der Waals surface area contributed by atoms with E-state index in [1.54, 1.807) is 6.20 Å². The Kier molecular flexibility index (Phi) is 3.80. The molecule has 114 valence electrons. The van der Waals surface area contributed by atoms with Crippen molar-refractivity contribution in [1.29, 1.82) is 0 Å². The molecule has 1 saturated heterocycles. The Labute approximate surface area is 123 Å². The van der Waals surface area contributed by atoms with E-state index in [4.69, 9.17) is 4.74 Å². The quantitative estimate of drug-likeness (QED) is 0.937. The lowest BCUT2D eigenvalue weighted by Crippen LogP contribution is -2.29. The standard InChI is InChI=1S/C15H22N4O2/c1-9(2)6-13-17-14-11(15(20)18-13)7-16-19(14)12-4-5-21-8-10(12)3/h7,9-10,12H,4-6,8H2,1-3H3,(H,17,18,20)/t10-,12+/m0/s1. The van der Waals surface area contributed by atoms with Crippen molar-refractivity contribution in [3.63, 3.8) is 0 Å². The summed E-state index contributed by atoms with van der Waals surface area (Å²) in [5, 5.41) is 5.00. The number of nitrogens with zero attached hydrogens (tertiary/aromatic N) is 3. The van der Waals surface area contributed by atoms with Gasteiger partial charge in [-0.2, -0.15) is 5.10 Å². The van der Waals surface area contributed by atoms with Crippen molar-refractivity contribution >= 4 is 11.0 Å². The molecule has 0 aromatic carbocycles. The molecule has 1 aliphatic rings. The minimum atomic E-state index is -0.0957. The molecule has 6 nitrogen and oxygen atoms in total. The molecule has 2 aromatic rings. The fourth-order valence-corrected chi connectivity index (χ4v) is 2.94. The average Bonchev–Trinajstić information content (AvgIpc) is 2.83. The molecule has 1 N–H and O–H groups in total. The lowest BCUT2D eigenvalue weighted by Gasteiger charge is -2.29. The van der Waals surface area contributed by atoms with Gasteiger partial charge in [-0.3, -0.25) is 4.79 Å². The van der Waals surface area contributed by atoms with Gasteiger partial charge in [-0.15, -0.1) is 0 Å². The molecule has 1 aliphatic heterocycles. The van der Waals surface area contributed by atoms with Gasteiger partial charge in [0.25, 0.3) is 5.56 Å². The van der Waals surface area contributed by atoms with Crippen LogP contribution in [-0.4, -0.2) is 33.0 Å². The van der Waals surface area contributed by atoms with E-state index in [1.807, 2.05) is 4.68 Å². The largest absolute Gasteiger partial charge is 0.381 e. The number of rotatable bonds is 3. The Morgan fingerprint density at radius 3 is 3.05 bits per heavy atom. The summed E-state index contributed by atoms with van der Waals surface area (Å²) in [4.78, 5) is 19.7. The number of aromatic nitrogens is 4. The van der Waals surface area contributed by atoms with Gasteiger partial charge in [0, 0.05) is 18.9 Å². The van der Waals surface area contributed by atoms with Crippen LogP contribution in [0, 0.1) is 11.8 Å². The van der Waals surface area contributed by atoms with Crippen molar-refractivity contribution in [3.05, 3.63) is 22.4 Å². The second-order valence-corrected chi connectivity index (χ2v) is 6.35. The second kappa shape index (κ2) is 5.60. The van der Waals surface area contributed by atoms with Crippen LogP contribution in [0.25, 0.3) is 11.0 Å². The number of fused-ring (bicyclic) bond motifs is 1. The van der Waals surface area contributed by atoms with Crippen LogP contribution in [0.4, 0.5) is 0 Å². The van der Waals surface area contributed by atoms with E-state index in [9.17, 15) is 4.79 Å². The van der Waals surface area contributed by atoms with Gasteiger partial charge in [-0.05, 0) is 12.3 Å². The zero-order chi connectivity index (χ0) is 15.0. The van der Waals surface area contributed by atoms with Gasteiger partial charge in [0.1, 0.15) is 11.2 Å². The summed E-state index contributed by atoms with van der Waals surface area (Å²) in [5.41, 5.74) is 0.606. The monoisotopic (exact) mass is 290 g/mol. The molecular formula is C15H22N4O2. The summed E-state index contributed by atoms with van der Waals surface area (Å²) in [5.74, 6) is 1.56. The van der Waals surface area contributed by atoms with Crippen LogP contribution in [0.5, 0.6) is 0 Å². The molecule has 0 unspecified atom stereocenters. The highest BCUT2D eigenvalue weighted by Crippen LogP contribution is 2.28. The van der Waals surface area contributed by atoms with Crippen molar-refractivity contribution in [2.24, 2.45) is 11.8 Å². The van der Waals surface area contributed by atoms with Gasteiger partial charge < -0.3 is 9.72 Å². The minimum absolute atomic E-state index is 0.0957. The Bertz CT molecular complexity index is 689. The van der Waals surface area contributed by atoms with Gasteiger partial charge in [-0.25, -0.2) is 9.67 Å². The van der Waals surface area contributed by atoms with Crippen LogP contribution in [-0.2, 0) is 11.2 Å². The third kappa shape index (κ3) is 2.72. The number of aromatic amines is 1. The highest BCUT2D eigenvalue weighted by molar-refractivity contribution is 5.73. The molecular weight excluding hydrogens is 268 g/mol. The van der Waals surface area contributed by atoms with E-state index in [0.717, 1.165) is 31.9 Å². The predicted octanol–water partition coefficient (Wildman–Crippen LogP) is 1.92. The smallest absolute Gasteiger partial charge is 0.262 e. The zero-order valence-corrected chi connectivity index (χ0v) is 12.8. The molecule has 0 bridgehead atoms. The van der Waals surface area contributed by atoms with Crippen molar-refractivity contribution in [3.8, 4) is 0 Å². The zero-order valence-electron chi connectivity index (χ0n) is 12.8. The third-order valence-electron chi connectivity index (χ3n) is 4.02. The van der Waals surface area contributed by atoms with Crippen LogP contribution in [0.1, 0.15) is 39.1 Å². The van der Waals surface area contributed by atoms with E-state index in [2.05, 4.69) is 35.8 Å². The Hall–Kier alpha value is -1.69. The van der Waals surface area contributed by atoms with Crippen molar-refractivity contribution in [1.82, 2.24) is 19.7 Å². The molecule has 2 atom stereocenters. The van der Waals surface area contributed by atoms with Crippen molar-refractivity contribution < 1.29 is 4.74 Å². The Balaban J connectivity index is 2.07. The molecule has 6 heteroatoms. The normalized spacial score (nSPS) is 23.0. The maximum atomic E-state index is 12.2. The summed E-state index contributed by atoms with van der Waals surface area (Å²) in [6.45, 7) is 7.84. The lowest BCUT2D eigenvalue weighted by atomic mass is 9.98. The number of hydrogen-bond donors (Lipinski definition) is 1. The summed E-state index contributed by atoms with van der Waals surface area (Å²) >= 11 is 0. The van der Waals surface area contributed by atoms with Gasteiger partial charge in [0.05, 0.1) is 18.8 Å². The summed E-state index contributed by atoms with van der Waals surface area (Å²) < 4.78 is 7.41. The summed E-state index contributed by atoms with van der Waals surface area (Å²) in [6, 6.07) is 0.248. The summed E-state index contributed by atoms with van der Waals surface area (Å²) in [7, 11) is 0. The molecule has 0 radical (unpaired) electrons. The van der Waals surface area contributed by atoms with Crippen molar-refractivity contribution in [2.75, 3.05) is 13.2 Å². The molecule has 2 aromatic heterocycles. The number of ether oxygens (including phenoxy) is 1. The first-order chi connectivity index (χ1) is 10.1. The summed E-state index contributed by atoms with van der Waals surface area (Å²) in [6.07, 6.45) is 3.30. The topological polar surface area (TPSA) is 72.8 Å². The fourth-order valence-electron chi connectivity index (χ4n) is 2.94.